The highest BCUT2D eigenvalue weighted by molar-refractivity contribution is 6.10. The molecule has 0 aliphatic heterocycles. The van der Waals surface area contributed by atoms with Crippen molar-refractivity contribution in [1.82, 2.24) is 9.13 Å². The summed E-state index contributed by atoms with van der Waals surface area (Å²) in [5, 5.41) is -1.25. The van der Waals surface area contributed by atoms with Crippen molar-refractivity contribution in [2.45, 2.75) is 0 Å². The molecule has 0 aliphatic rings. The van der Waals surface area contributed by atoms with E-state index in [0.717, 1.165) is 15.2 Å². The van der Waals surface area contributed by atoms with Crippen LogP contribution in [0.5, 0.6) is 0 Å². The lowest BCUT2D eigenvalue weighted by molar-refractivity contribution is 1.13. The molecule has 0 radical (unpaired) electrons. The molecule has 7 aromatic rings. The van der Waals surface area contributed by atoms with Crippen LogP contribution in [0.25, 0.3) is 55.0 Å². The molecule has 5 aromatic carbocycles. The first-order valence-electron chi connectivity index (χ1n) is 18.9. The van der Waals surface area contributed by atoms with Gasteiger partial charge in [-0.3, -0.25) is 0 Å². The van der Waals surface area contributed by atoms with Gasteiger partial charge in [-0.1, -0.05) is 78.6 Å². The largest absolute Gasteiger partial charge is 0.309 e. The van der Waals surface area contributed by atoms with Crippen LogP contribution in [0.3, 0.4) is 0 Å². The number of para-hydroxylation sites is 4. The van der Waals surface area contributed by atoms with Crippen molar-refractivity contribution in [2.24, 2.45) is 0 Å². The van der Waals surface area contributed by atoms with E-state index in [-0.39, 0.29) is 27.1 Å². The number of benzene rings is 5. The summed E-state index contributed by atoms with van der Waals surface area (Å²) in [4.78, 5) is 0. The molecule has 0 atom stereocenters. The van der Waals surface area contributed by atoms with Gasteiger partial charge in [0.05, 0.1) is 48.1 Å². The number of hydrogen-bond donors (Lipinski definition) is 0. The highest BCUT2D eigenvalue weighted by Crippen LogP contribution is 2.35. The van der Waals surface area contributed by atoms with Crippen molar-refractivity contribution in [3.8, 4) is 11.4 Å². The lowest BCUT2D eigenvalue weighted by atomic mass is 10.2. The van der Waals surface area contributed by atoms with Crippen LogP contribution < -0.4 is 0 Å². The summed E-state index contributed by atoms with van der Waals surface area (Å²) in [5.41, 5.74) is -3.09. The van der Waals surface area contributed by atoms with E-state index in [4.69, 9.17) is 24.7 Å². The van der Waals surface area contributed by atoms with Crippen LogP contribution in [0.2, 0.25) is 0 Å². The second-order valence-electron chi connectivity index (χ2n) is 6.82. The first-order valence-corrected chi connectivity index (χ1v) is 9.42. The third kappa shape index (κ3) is 2.35. The molecule has 0 aliphatic carbocycles. The fraction of sp³-hybridized carbons (Fsp3) is 0. The average molecular weight is 428 g/mol. The zero-order valence-corrected chi connectivity index (χ0v) is 16.0. The van der Waals surface area contributed by atoms with E-state index in [1.54, 1.807) is 0 Å². The molecule has 0 amide bonds. The van der Waals surface area contributed by atoms with Gasteiger partial charge in [0.2, 0.25) is 0 Å². The predicted molar refractivity (Wildman–Crippen MR) is 135 cm³/mol. The van der Waals surface area contributed by atoms with Crippen molar-refractivity contribution in [2.75, 3.05) is 0 Å². The van der Waals surface area contributed by atoms with Crippen LogP contribution in [0, 0.1) is 0 Å². The zero-order valence-electron chi connectivity index (χ0n) is 35.0. The number of nitrogens with zero attached hydrogens (tertiary/aromatic N) is 2. The maximum atomic E-state index is 9.52. The Morgan fingerprint density at radius 1 is 0.406 bits per heavy atom. The SMILES string of the molecule is [2H]c1cc([2H])c2c3c([2H])c([2H])c([2H])c([2H])c3n(-c3c([2H])c([2H])c([2H])c(-n4c5c([2H])c([2H])c([2H])c([2H])c5c5c([2H])c([2H])c([2H])c([2H])c54)c3[2H])c2c1[2H]. The maximum absolute atomic E-state index is 9.52. The summed E-state index contributed by atoms with van der Waals surface area (Å²) in [5.74, 6) is 0. The molecule has 0 spiro atoms. The normalized spacial score (nSPS) is 20.1. The summed E-state index contributed by atoms with van der Waals surface area (Å²) in [6.45, 7) is 0. The second-order valence-corrected chi connectivity index (χ2v) is 6.82. The molecule has 0 unspecified atom stereocenters. The van der Waals surface area contributed by atoms with E-state index >= 15 is 0 Å². The van der Waals surface area contributed by atoms with Crippen molar-refractivity contribution < 1.29 is 26.0 Å². The van der Waals surface area contributed by atoms with Crippen LogP contribution in [-0.4, -0.2) is 9.13 Å². The third-order valence-corrected chi connectivity index (χ3v) is 5.16. The van der Waals surface area contributed by atoms with Gasteiger partial charge in [-0.15, -0.1) is 0 Å². The minimum Gasteiger partial charge on any atom is -0.309 e. The second kappa shape index (κ2) is 6.60. The van der Waals surface area contributed by atoms with E-state index in [1.807, 2.05) is 0 Å². The Balaban J connectivity index is 1.83. The number of hydrogen-bond acceptors (Lipinski definition) is 0. The summed E-state index contributed by atoms with van der Waals surface area (Å²) in [7, 11) is 0. The Kier molecular flexibility index (Phi) is 1.47. The number of fused-ring (bicyclic) bond motifs is 6. The molecule has 32 heavy (non-hydrogen) atoms. The van der Waals surface area contributed by atoms with Gasteiger partial charge in [0.15, 0.2) is 0 Å². The van der Waals surface area contributed by atoms with E-state index in [2.05, 4.69) is 0 Å². The van der Waals surface area contributed by atoms with Gasteiger partial charge in [0.25, 0.3) is 0 Å². The molecular weight excluding hydrogens is 388 g/mol. The van der Waals surface area contributed by atoms with Gasteiger partial charge in [-0.25, -0.2) is 0 Å². The summed E-state index contributed by atoms with van der Waals surface area (Å²) in [6.07, 6.45) is 0. The Hall–Kier alpha value is -4.30. The van der Waals surface area contributed by atoms with Crippen molar-refractivity contribution >= 4 is 43.6 Å². The van der Waals surface area contributed by atoms with Gasteiger partial charge >= 0.3 is 0 Å². The minimum absolute atomic E-state index is 0.222. The van der Waals surface area contributed by atoms with Crippen LogP contribution in [0.4, 0.5) is 0 Å². The van der Waals surface area contributed by atoms with Crippen LogP contribution in [0.15, 0.2) is 121 Å². The molecule has 2 aromatic heterocycles. The molecule has 0 saturated carbocycles. The van der Waals surface area contributed by atoms with Crippen LogP contribution in [-0.2, 0) is 0 Å². The van der Waals surface area contributed by atoms with E-state index in [9.17, 15) is 1.37 Å². The lowest BCUT2D eigenvalue weighted by Crippen LogP contribution is -1.98. The van der Waals surface area contributed by atoms with Crippen molar-refractivity contribution in [3.63, 3.8) is 0 Å². The highest BCUT2D eigenvalue weighted by Gasteiger charge is 2.14. The molecule has 0 saturated heterocycles. The molecule has 2 heteroatoms. The summed E-state index contributed by atoms with van der Waals surface area (Å²) < 4.78 is 166. The van der Waals surface area contributed by atoms with Gasteiger partial charge < -0.3 is 9.13 Å². The van der Waals surface area contributed by atoms with Gasteiger partial charge in [0, 0.05) is 32.9 Å². The third-order valence-electron chi connectivity index (χ3n) is 5.16. The number of rotatable bonds is 2. The molecule has 150 valence electrons. The van der Waals surface area contributed by atoms with E-state index in [1.165, 1.54) is 0 Å². The van der Waals surface area contributed by atoms with E-state index in [0.29, 0.717) is 0 Å². The lowest BCUT2D eigenvalue weighted by Gasteiger charge is -2.12. The van der Waals surface area contributed by atoms with Crippen molar-refractivity contribution in [1.29, 1.82) is 0 Å². The van der Waals surface area contributed by atoms with E-state index < -0.39 is 143 Å². The Labute approximate surface area is 212 Å². The highest BCUT2D eigenvalue weighted by atomic mass is 15.0. The van der Waals surface area contributed by atoms with Gasteiger partial charge in [0.1, 0.15) is 0 Å². The maximum Gasteiger partial charge on any atom is 0.0667 e. The van der Waals surface area contributed by atoms with Gasteiger partial charge in [-0.2, -0.15) is 0 Å². The fourth-order valence-electron chi connectivity index (χ4n) is 3.88. The topological polar surface area (TPSA) is 9.86 Å². The van der Waals surface area contributed by atoms with Crippen LogP contribution >= 0.6 is 0 Å². The molecule has 2 heterocycles. The molecule has 2 nitrogen and oxygen atoms in total. The summed E-state index contributed by atoms with van der Waals surface area (Å²) >= 11 is 0. The minimum atomic E-state index is -0.900. The smallest absolute Gasteiger partial charge is 0.0667 e. The fourth-order valence-corrected chi connectivity index (χ4v) is 3.88. The Morgan fingerprint density at radius 2 is 0.812 bits per heavy atom. The first kappa shape index (κ1) is 7.11. The Morgan fingerprint density at radius 3 is 1.31 bits per heavy atom. The predicted octanol–water partition coefficient (Wildman–Crippen LogP) is 7.88. The first-order chi connectivity index (χ1) is 23.8. The molecule has 0 N–H and O–H groups in total. The summed E-state index contributed by atoms with van der Waals surface area (Å²) in [6, 6.07) is -12.7. The monoisotopic (exact) mass is 427 g/mol. The molecule has 0 bridgehead atoms. The quantitative estimate of drug-likeness (QED) is 0.265. The molecular formula is C30H20N2. The molecule has 0 fully saturated rings. The van der Waals surface area contributed by atoms with Crippen molar-refractivity contribution in [3.05, 3.63) is 121 Å². The number of aromatic nitrogens is 2. The van der Waals surface area contributed by atoms with Gasteiger partial charge in [-0.05, 0) is 42.3 Å². The zero-order chi connectivity index (χ0) is 37.6. The van der Waals surface area contributed by atoms with Crippen LogP contribution in [0.1, 0.15) is 26.0 Å². The standard InChI is InChI=1S/C30H20N2/c1-5-16-27-23(12-1)24-13-2-6-17-28(24)31(27)21-10-9-11-22(20-21)32-29-18-7-3-14-25(29)26-15-4-8-19-30(26)32/h1-20H/i1D,2D,3D,5D,6D,7D,8D,9D,10D,11D,12D,13D,14D,15D,16D,17D,18D,19D,20D. The Bertz CT molecular complexity index is 2720. The average Bonchev–Trinajstić information content (AvgIpc) is 3.63. The molecule has 7 rings (SSSR count).